The molecule has 0 aliphatic heterocycles. The van der Waals surface area contributed by atoms with Crippen molar-refractivity contribution >= 4 is 17.7 Å². The molecule has 0 saturated carbocycles. The third-order valence-electron chi connectivity index (χ3n) is 3.47. The first-order chi connectivity index (χ1) is 11.8. The highest BCUT2D eigenvalue weighted by Gasteiger charge is 1.97. The van der Waals surface area contributed by atoms with Crippen LogP contribution < -0.4 is 0 Å². The summed E-state index contributed by atoms with van der Waals surface area (Å²) < 4.78 is 5.20. The van der Waals surface area contributed by atoms with E-state index in [0.717, 1.165) is 44.3 Å². The Bertz CT molecular complexity index is 502. The zero-order valence-electron chi connectivity index (χ0n) is 14.4. The largest absolute Gasteiger partial charge is 0.463 e. The summed E-state index contributed by atoms with van der Waals surface area (Å²) in [6, 6.07) is 10.2. The van der Waals surface area contributed by atoms with Crippen LogP contribution in [0.4, 0.5) is 0 Å². The Morgan fingerprint density at radius 1 is 1.12 bits per heavy atom. The second-order valence-electron chi connectivity index (χ2n) is 5.57. The monoisotopic (exact) mass is 344 g/mol. The van der Waals surface area contributed by atoms with Crippen LogP contribution in [0.1, 0.15) is 44.1 Å². The topological polar surface area (TPSA) is 26.3 Å². The minimum atomic E-state index is -0.230. The highest BCUT2D eigenvalue weighted by Crippen LogP contribution is 2.09. The number of ether oxygens (including phenoxy) is 1. The smallest absolute Gasteiger partial charge is 0.330 e. The van der Waals surface area contributed by atoms with Gasteiger partial charge in [-0.3, -0.25) is 0 Å². The molecule has 0 heterocycles. The van der Waals surface area contributed by atoms with Crippen LogP contribution in [0.25, 0.3) is 0 Å². The molecule has 0 aliphatic carbocycles. The number of aryl methyl sites for hydroxylation is 1. The van der Waals surface area contributed by atoms with Crippen molar-refractivity contribution in [1.82, 2.24) is 0 Å². The number of thioether (sulfide) groups is 1. The molecule has 0 spiro atoms. The van der Waals surface area contributed by atoms with Gasteiger partial charge in [0.05, 0.1) is 6.61 Å². The maximum Gasteiger partial charge on any atom is 0.330 e. The van der Waals surface area contributed by atoms with Crippen molar-refractivity contribution < 1.29 is 9.53 Å². The molecule has 0 N–H and O–H groups in total. The van der Waals surface area contributed by atoms with Crippen LogP contribution in [0.3, 0.4) is 0 Å². The number of allylic oxidation sites excluding steroid dienone is 1. The molecule has 0 aromatic heterocycles. The SMILES string of the molecule is C#CCCCSCCCC/C=C/C(=O)OCCCc1ccccc1. The van der Waals surface area contributed by atoms with E-state index in [1.54, 1.807) is 6.08 Å². The Hall–Kier alpha value is -1.66. The lowest BCUT2D eigenvalue weighted by molar-refractivity contribution is -0.137. The lowest BCUT2D eigenvalue weighted by Crippen LogP contribution is -2.03. The van der Waals surface area contributed by atoms with Crippen molar-refractivity contribution in [3.63, 3.8) is 0 Å². The molecule has 2 nitrogen and oxygen atoms in total. The lowest BCUT2D eigenvalue weighted by atomic mass is 10.1. The third kappa shape index (κ3) is 11.8. The summed E-state index contributed by atoms with van der Waals surface area (Å²) in [5.74, 6) is 4.74. The van der Waals surface area contributed by atoms with E-state index in [0.29, 0.717) is 6.61 Å². The summed E-state index contributed by atoms with van der Waals surface area (Å²) in [4.78, 5) is 11.6. The second kappa shape index (κ2) is 14.9. The number of terminal acetylenes is 1. The Balaban J connectivity index is 1.91. The van der Waals surface area contributed by atoms with Gasteiger partial charge < -0.3 is 4.74 Å². The molecule has 0 aliphatic rings. The number of esters is 1. The fraction of sp³-hybridized carbons (Fsp3) is 0.476. The van der Waals surface area contributed by atoms with Crippen molar-refractivity contribution in [2.24, 2.45) is 0 Å². The first kappa shape index (κ1) is 20.4. The van der Waals surface area contributed by atoms with Gasteiger partial charge in [-0.1, -0.05) is 36.4 Å². The highest BCUT2D eigenvalue weighted by atomic mass is 32.2. The zero-order valence-corrected chi connectivity index (χ0v) is 15.2. The first-order valence-corrected chi connectivity index (χ1v) is 9.87. The van der Waals surface area contributed by atoms with Crippen molar-refractivity contribution in [2.45, 2.75) is 44.9 Å². The van der Waals surface area contributed by atoms with Gasteiger partial charge >= 0.3 is 5.97 Å². The minimum Gasteiger partial charge on any atom is -0.463 e. The normalized spacial score (nSPS) is 10.6. The molecule has 1 aromatic carbocycles. The molecule has 0 atom stereocenters. The Labute approximate surface area is 151 Å². The summed E-state index contributed by atoms with van der Waals surface area (Å²) in [6.07, 6.45) is 15.7. The summed E-state index contributed by atoms with van der Waals surface area (Å²) >= 11 is 1.96. The van der Waals surface area contributed by atoms with E-state index in [1.165, 1.54) is 17.7 Å². The summed E-state index contributed by atoms with van der Waals surface area (Å²) in [5.41, 5.74) is 1.28. The van der Waals surface area contributed by atoms with E-state index in [4.69, 9.17) is 11.2 Å². The molecule has 0 bridgehead atoms. The predicted octanol–water partition coefficient (Wildman–Crippen LogP) is 5.04. The number of carbonyl (C=O) groups is 1. The quantitative estimate of drug-likeness (QED) is 0.217. The van der Waals surface area contributed by atoms with Crippen LogP contribution in [0, 0.1) is 12.3 Å². The van der Waals surface area contributed by atoms with E-state index < -0.39 is 0 Å². The molecule has 0 radical (unpaired) electrons. The Morgan fingerprint density at radius 3 is 2.71 bits per heavy atom. The summed E-state index contributed by atoms with van der Waals surface area (Å²) in [6.45, 7) is 0.479. The van der Waals surface area contributed by atoms with Gasteiger partial charge in [-0.15, -0.1) is 12.3 Å². The molecule has 0 amide bonds. The molecule has 0 unspecified atom stereocenters. The number of unbranched alkanes of at least 4 members (excludes halogenated alkanes) is 3. The van der Waals surface area contributed by atoms with E-state index in [1.807, 2.05) is 36.0 Å². The third-order valence-corrected chi connectivity index (χ3v) is 4.62. The number of rotatable bonds is 13. The van der Waals surface area contributed by atoms with Crippen LogP contribution >= 0.6 is 11.8 Å². The average molecular weight is 345 g/mol. The zero-order chi connectivity index (χ0) is 17.3. The molecule has 1 rings (SSSR count). The van der Waals surface area contributed by atoms with Crippen molar-refractivity contribution in [3.05, 3.63) is 48.0 Å². The maximum absolute atomic E-state index is 11.6. The van der Waals surface area contributed by atoms with Gasteiger partial charge in [-0.2, -0.15) is 11.8 Å². The van der Waals surface area contributed by atoms with Crippen LogP contribution in [-0.2, 0) is 16.0 Å². The molecule has 3 heteroatoms. The van der Waals surface area contributed by atoms with Crippen molar-refractivity contribution in [3.8, 4) is 12.3 Å². The average Bonchev–Trinajstić information content (AvgIpc) is 2.61. The van der Waals surface area contributed by atoms with Gasteiger partial charge in [0.2, 0.25) is 0 Å². The van der Waals surface area contributed by atoms with Crippen LogP contribution in [-0.4, -0.2) is 24.1 Å². The number of benzene rings is 1. The molecule has 0 fully saturated rings. The maximum atomic E-state index is 11.6. The second-order valence-corrected chi connectivity index (χ2v) is 6.80. The van der Waals surface area contributed by atoms with Crippen molar-refractivity contribution in [2.75, 3.05) is 18.1 Å². The Morgan fingerprint density at radius 2 is 1.92 bits per heavy atom. The van der Waals surface area contributed by atoms with Crippen LogP contribution in [0.15, 0.2) is 42.5 Å². The fourth-order valence-electron chi connectivity index (χ4n) is 2.17. The number of carbonyl (C=O) groups excluding carboxylic acids is 1. The van der Waals surface area contributed by atoms with Crippen molar-refractivity contribution in [1.29, 1.82) is 0 Å². The molecule has 1 aromatic rings. The molecular formula is C21H28O2S. The first-order valence-electron chi connectivity index (χ1n) is 8.71. The predicted molar refractivity (Wildman–Crippen MR) is 104 cm³/mol. The molecule has 130 valence electrons. The molecule has 0 saturated heterocycles. The molecule has 24 heavy (non-hydrogen) atoms. The van der Waals surface area contributed by atoms with Gasteiger partial charge in [0.25, 0.3) is 0 Å². The van der Waals surface area contributed by atoms with Crippen LogP contribution in [0.5, 0.6) is 0 Å². The van der Waals surface area contributed by atoms with Gasteiger partial charge in [-0.25, -0.2) is 4.79 Å². The minimum absolute atomic E-state index is 0.230. The van der Waals surface area contributed by atoms with Gasteiger partial charge in [0, 0.05) is 12.5 Å². The van der Waals surface area contributed by atoms with Gasteiger partial charge in [0.15, 0.2) is 0 Å². The number of hydrogen-bond acceptors (Lipinski definition) is 3. The van der Waals surface area contributed by atoms with Gasteiger partial charge in [0.1, 0.15) is 0 Å². The number of hydrogen-bond donors (Lipinski definition) is 0. The molecular weight excluding hydrogens is 316 g/mol. The van der Waals surface area contributed by atoms with E-state index in [-0.39, 0.29) is 5.97 Å². The Kier molecular flexibility index (Phi) is 12.7. The van der Waals surface area contributed by atoms with Crippen LogP contribution in [0.2, 0.25) is 0 Å². The highest BCUT2D eigenvalue weighted by molar-refractivity contribution is 7.99. The van der Waals surface area contributed by atoms with E-state index in [9.17, 15) is 4.79 Å². The lowest BCUT2D eigenvalue weighted by Gasteiger charge is -2.02. The summed E-state index contributed by atoms with van der Waals surface area (Å²) in [7, 11) is 0. The van der Waals surface area contributed by atoms with Gasteiger partial charge in [-0.05, 0) is 55.6 Å². The van der Waals surface area contributed by atoms with E-state index >= 15 is 0 Å². The summed E-state index contributed by atoms with van der Waals surface area (Å²) in [5, 5.41) is 0. The fourth-order valence-corrected chi connectivity index (χ4v) is 3.13. The van der Waals surface area contributed by atoms with E-state index in [2.05, 4.69) is 18.1 Å². The standard InChI is InChI=1S/C21H28O2S/c1-2-3-10-18-24-19-11-5-4-9-16-21(22)23-17-12-15-20-13-7-6-8-14-20/h1,6-9,13-14,16H,3-5,10-12,15,17-19H2/b16-9+.